The Bertz CT molecular complexity index is 291. The monoisotopic (exact) mass is 211 g/mol. The fourth-order valence-electron chi connectivity index (χ4n) is 1.44. The lowest BCUT2D eigenvalue weighted by Crippen LogP contribution is -2.25. The smallest absolute Gasteiger partial charge is 0.123 e. The molecule has 3 heteroatoms. The van der Waals surface area contributed by atoms with Crippen molar-refractivity contribution < 1.29 is 9.50 Å². The Balaban J connectivity index is 2.30. The maximum absolute atomic E-state index is 12.8. The van der Waals surface area contributed by atoms with E-state index < -0.39 is 0 Å². The van der Waals surface area contributed by atoms with Gasteiger partial charge in [0.25, 0.3) is 0 Å². The molecular formula is C12H18FNO. The summed E-state index contributed by atoms with van der Waals surface area (Å²) in [6.45, 7) is 2.96. The van der Waals surface area contributed by atoms with Gasteiger partial charge in [0.2, 0.25) is 0 Å². The Labute approximate surface area is 90.1 Å². The van der Waals surface area contributed by atoms with E-state index in [1.165, 1.54) is 12.1 Å². The Morgan fingerprint density at radius 2 is 2.27 bits per heavy atom. The summed E-state index contributed by atoms with van der Waals surface area (Å²) in [5.74, 6) is -0.197. The van der Waals surface area contributed by atoms with Crippen molar-refractivity contribution in [3.8, 4) is 0 Å². The first-order chi connectivity index (χ1) is 7.22. The molecule has 0 radical (unpaired) electrons. The maximum atomic E-state index is 12.8. The highest BCUT2D eigenvalue weighted by Crippen LogP contribution is 2.04. The molecule has 0 aliphatic carbocycles. The Kier molecular flexibility index (Phi) is 5.29. The summed E-state index contributed by atoms with van der Waals surface area (Å²) in [6.07, 6.45) is 1.74. The highest BCUT2D eigenvalue weighted by atomic mass is 19.1. The molecule has 0 aliphatic rings. The van der Waals surface area contributed by atoms with Crippen molar-refractivity contribution in [2.24, 2.45) is 0 Å². The number of aliphatic hydroxyl groups excluding tert-OH is 1. The first-order valence-corrected chi connectivity index (χ1v) is 5.31. The number of hydrogen-bond donors (Lipinski definition) is 2. The van der Waals surface area contributed by atoms with Crippen molar-refractivity contribution in [2.45, 2.75) is 32.4 Å². The number of aliphatic hydroxyl groups is 1. The van der Waals surface area contributed by atoms with Crippen LogP contribution in [-0.2, 0) is 6.54 Å². The van der Waals surface area contributed by atoms with Gasteiger partial charge in [-0.25, -0.2) is 4.39 Å². The lowest BCUT2D eigenvalue weighted by molar-refractivity contribution is 0.276. The van der Waals surface area contributed by atoms with Gasteiger partial charge >= 0.3 is 0 Å². The van der Waals surface area contributed by atoms with Gasteiger partial charge in [0.1, 0.15) is 5.82 Å². The zero-order chi connectivity index (χ0) is 11.1. The van der Waals surface area contributed by atoms with Crippen molar-refractivity contribution in [1.29, 1.82) is 0 Å². The lowest BCUT2D eigenvalue weighted by Gasteiger charge is -2.12. The molecular weight excluding hydrogens is 193 g/mol. The van der Waals surface area contributed by atoms with E-state index in [4.69, 9.17) is 5.11 Å². The van der Waals surface area contributed by atoms with Crippen LogP contribution < -0.4 is 5.32 Å². The van der Waals surface area contributed by atoms with Crippen molar-refractivity contribution in [2.75, 3.05) is 6.61 Å². The molecule has 0 bridgehead atoms. The van der Waals surface area contributed by atoms with Gasteiger partial charge in [-0.3, -0.25) is 0 Å². The first-order valence-electron chi connectivity index (χ1n) is 5.31. The van der Waals surface area contributed by atoms with Crippen LogP contribution in [0, 0.1) is 5.82 Å². The summed E-state index contributed by atoms with van der Waals surface area (Å²) in [5.41, 5.74) is 0.950. The van der Waals surface area contributed by atoms with Gasteiger partial charge in [-0.2, -0.15) is 0 Å². The van der Waals surface area contributed by atoms with Crippen LogP contribution in [0.5, 0.6) is 0 Å². The second-order valence-corrected chi connectivity index (χ2v) is 3.78. The molecule has 0 spiro atoms. The highest BCUT2D eigenvalue weighted by Gasteiger charge is 2.01. The zero-order valence-corrected chi connectivity index (χ0v) is 9.04. The van der Waals surface area contributed by atoms with Crippen LogP contribution in [0.15, 0.2) is 24.3 Å². The normalized spacial score (nSPS) is 12.7. The van der Waals surface area contributed by atoms with E-state index in [0.29, 0.717) is 12.6 Å². The molecule has 0 aromatic heterocycles. The SMILES string of the molecule is CC(CCCO)NCc1cccc(F)c1. The zero-order valence-electron chi connectivity index (χ0n) is 9.04. The van der Waals surface area contributed by atoms with E-state index >= 15 is 0 Å². The molecule has 1 aromatic rings. The van der Waals surface area contributed by atoms with Gasteiger partial charge in [0.05, 0.1) is 0 Å². The topological polar surface area (TPSA) is 32.3 Å². The fourth-order valence-corrected chi connectivity index (χ4v) is 1.44. The molecule has 0 heterocycles. The van der Waals surface area contributed by atoms with Crippen molar-refractivity contribution in [1.82, 2.24) is 5.32 Å². The summed E-state index contributed by atoms with van der Waals surface area (Å²) in [6, 6.07) is 6.93. The van der Waals surface area contributed by atoms with Gasteiger partial charge in [-0.15, -0.1) is 0 Å². The van der Waals surface area contributed by atoms with E-state index in [2.05, 4.69) is 12.2 Å². The molecule has 84 valence electrons. The second-order valence-electron chi connectivity index (χ2n) is 3.78. The van der Waals surface area contributed by atoms with Crippen LogP contribution in [-0.4, -0.2) is 17.8 Å². The minimum absolute atomic E-state index is 0.197. The molecule has 0 fully saturated rings. The summed E-state index contributed by atoms with van der Waals surface area (Å²) in [7, 11) is 0. The standard InChI is InChI=1S/C12H18FNO/c1-10(4-3-7-15)14-9-11-5-2-6-12(13)8-11/h2,5-6,8,10,14-15H,3-4,7,9H2,1H3. The molecule has 1 rings (SSSR count). The Morgan fingerprint density at radius 1 is 1.47 bits per heavy atom. The minimum atomic E-state index is -0.197. The summed E-state index contributed by atoms with van der Waals surface area (Å²) in [4.78, 5) is 0. The van der Waals surface area contributed by atoms with E-state index in [0.717, 1.165) is 18.4 Å². The number of rotatable bonds is 6. The summed E-state index contributed by atoms with van der Waals surface area (Å²) in [5, 5.41) is 11.9. The Hall–Kier alpha value is -0.930. The second kappa shape index (κ2) is 6.53. The number of nitrogens with one attached hydrogen (secondary N) is 1. The number of hydrogen-bond acceptors (Lipinski definition) is 2. The fraction of sp³-hybridized carbons (Fsp3) is 0.500. The first kappa shape index (κ1) is 12.1. The van der Waals surface area contributed by atoms with Crippen molar-refractivity contribution in [3.63, 3.8) is 0 Å². The van der Waals surface area contributed by atoms with Crippen LogP contribution in [0.1, 0.15) is 25.3 Å². The molecule has 15 heavy (non-hydrogen) atoms. The number of halogens is 1. The van der Waals surface area contributed by atoms with Gasteiger partial charge < -0.3 is 10.4 Å². The molecule has 0 saturated heterocycles. The average molecular weight is 211 g/mol. The van der Waals surface area contributed by atoms with Gasteiger partial charge in [0, 0.05) is 19.2 Å². The van der Waals surface area contributed by atoms with Crippen LogP contribution in [0.4, 0.5) is 4.39 Å². The number of benzene rings is 1. The molecule has 1 aromatic carbocycles. The molecule has 0 saturated carbocycles. The van der Waals surface area contributed by atoms with Crippen molar-refractivity contribution >= 4 is 0 Å². The van der Waals surface area contributed by atoms with E-state index in [1.807, 2.05) is 6.07 Å². The molecule has 0 aliphatic heterocycles. The predicted octanol–water partition coefficient (Wildman–Crippen LogP) is 2.08. The molecule has 1 atom stereocenters. The van der Waals surface area contributed by atoms with Gasteiger partial charge in [-0.05, 0) is 37.5 Å². The molecule has 0 amide bonds. The molecule has 1 unspecified atom stereocenters. The maximum Gasteiger partial charge on any atom is 0.123 e. The third-order valence-corrected chi connectivity index (χ3v) is 2.34. The van der Waals surface area contributed by atoms with Gasteiger partial charge in [-0.1, -0.05) is 12.1 Å². The summed E-state index contributed by atoms with van der Waals surface area (Å²) >= 11 is 0. The third-order valence-electron chi connectivity index (χ3n) is 2.34. The predicted molar refractivity (Wildman–Crippen MR) is 59.0 cm³/mol. The largest absolute Gasteiger partial charge is 0.396 e. The lowest BCUT2D eigenvalue weighted by atomic mass is 10.1. The van der Waals surface area contributed by atoms with E-state index in [9.17, 15) is 4.39 Å². The molecule has 2 N–H and O–H groups in total. The van der Waals surface area contributed by atoms with Gasteiger partial charge in [0.15, 0.2) is 0 Å². The van der Waals surface area contributed by atoms with Crippen molar-refractivity contribution in [3.05, 3.63) is 35.6 Å². The minimum Gasteiger partial charge on any atom is -0.396 e. The van der Waals surface area contributed by atoms with Crippen LogP contribution >= 0.6 is 0 Å². The van der Waals surface area contributed by atoms with E-state index in [-0.39, 0.29) is 12.4 Å². The van der Waals surface area contributed by atoms with E-state index in [1.54, 1.807) is 6.07 Å². The van der Waals surface area contributed by atoms with Crippen LogP contribution in [0.25, 0.3) is 0 Å². The Morgan fingerprint density at radius 3 is 2.93 bits per heavy atom. The summed E-state index contributed by atoms with van der Waals surface area (Å²) < 4.78 is 12.8. The highest BCUT2D eigenvalue weighted by molar-refractivity contribution is 5.15. The third kappa shape index (κ3) is 4.91. The van der Waals surface area contributed by atoms with Crippen LogP contribution in [0.2, 0.25) is 0 Å². The quantitative estimate of drug-likeness (QED) is 0.755. The molecule has 2 nitrogen and oxygen atoms in total. The van der Waals surface area contributed by atoms with Crippen LogP contribution in [0.3, 0.4) is 0 Å². The average Bonchev–Trinajstić information content (AvgIpc) is 2.23.